The quantitative estimate of drug-likeness (QED) is 0.320. The molecule has 0 atom stereocenters. The maximum absolute atomic E-state index is 8.51. The Balaban J connectivity index is 2.17. The molecule has 0 aliphatic carbocycles. The fraction of sp³-hybridized carbons (Fsp3) is 0.500. The Labute approximate surface area is 101 Å². The van der Waals surface area contributed by atoms with Crippen molar-refractivity contribution in [2.75, 3.05) is 11.9 Å². The van der Waals surface area contributed by atoms with E-state index in [2.05, 4.69) is 21.5 Å². The van der Waals surface area contributed by atoms with E-state index in [0.717, 1.165) is 37.3 Å². The molecule has 0 fully saturated rings. The molecule has 0 spiro atoms. The SMILES string of the molecule is Cc1nc2c(cc1CC/C(N)=N\O)CCCN2. The molecular weight excluding hydrogens is 216 g/mol. The molecule has 5 nitrogen and oxygen atoms in total. The van der Waals surface area contributed by atoms with Crippen molar-refractivity contribution < 1.29 is 5.21 Å². The van der Waals surface area contributed by atoms with Crippen LogP contribution in [0.1, 0.15) is 29.7 Å². The van der Waals surface area contributed by atoms with Crippen LogP contribution in [0.2, 0.25) is 0 Å². The molecule has 1 aromatic heterocycles. The highest BCUT2D eigenvalue weighted by Gasteiger charge is 2.12. The van der Waals surface area contributed by atoms with Gasteiger partial charge in [-0.2, -0.15) is 0 Å². The number of nitrogens with zero attached hydrogens (tertiary/aromatic N) is 2. The fourth-order valence-corrected chi connectivity index (χ4v) is 2.09. The smallest absolute Gasteiger partial charge is 0.139 e. The monoisotopic (exact) mass is 234 g/mol. The third-order valence-electron chi connectivity index (χ3n) is 3.09. The van der Waals surface area contributed by atoms with Gasteiger partial charge in [0.15, 0.2) is 0 Å². The van der Waals surface area contributed by atoms with Gasteiger partial charge in [0.25, 0.3) is 0 Å². The number of anilines is 1. The van der Waals surface area contributed by atoms with Crippen molar-refractivity contribution in [1.82, 2.24) is 4.98 Å². The minimum absolute atomic E-state index is 0.264. The summed E-state index contributed by atoms with van der Waals surface area (Å²) in [5.41, 5.74) is 8.95. The molecule has 0 saturated carbocycles. The summed E-state index contributed by atoms with van der Waals surface area (Å²) in [4.78, 5) is 4.56. The molecule has 17 heavy (non-hydrogen) atoms. The van der Waals surface area contributed by atoms with Gasteiger partial charge in [0.05, 0.1) is 0 Å². The summed E-state index contributed by atoms with van der Waals surface area (Å²) in [5, 5.41) is 14.8. The lowest BCUT2D eigenvalue weighted by Gasteiger charge is -2.19. The lowest BCUT2D eigenvalue weighted by atomic mass is 10.0. The third kappa shape index (κ3) is 2.67. The number of nitrogens with two attached hydrogens (primary N) is 1. The third-order valence-corrected chi connectivity index (χ3v) is 3.09. The molecule has 0 saturated heterocycles. The van der Waals surface area contributed by atoms with Gasteiger partial charge in [0.1, 0.15) is 11.7 Å². The second kappa shape index (κ2) is 5.03. The zero-order valence-electron chi connectivity index (χ0n) is 10.0. The number of fused-ring (bicyclic) bond motifs is 1. The Morgan fingerprint density at radius 2 is 2.47 bits per heavy atom. The molecule has 0 radical (unpaired) electrons. The van der Waals surface area contributed by atoms with Crippen molar-refractivity contribution in [3.63, 3.8) is 0 Å². The predicted molar refractivity (Wildman–Crippen MR) is 67.5 cm³/mol. The summed E-state index contributed by atoms with van der Waals surface area (Å²) in [5.74, 6) is 1.28. The molecule has 5 heteroatoms. The van der Waals surface area contributed by atoms with E-state index < -0.39 is 0 Å². The molecule has 0 amide bonds. The molecular formula is C12H18N4O. The van der Waals surface area contributed by atoms with Crippen LogP contribution >= 0.6 is 0 Å². The van der Waals surface area contributed by atoms with Crippen molar-refractivity contribution in [2.24, 2.45) is 10.9 Å². The lowest BCUT2D eigenvalue weighted by molar-refractivity contribution is 0.317. The van der Waals surface area contributed by atoms with Crippen molar-refractivity contribution in [2.45, 2.75) is 32.6 Å². The van der Waals surface area contributed by atoms with Gasteiger partial charge in [0.2, 0.25) is 0 Å². The molecule has 92 valence electrons. The van der Waals surface area contributed by atoms with Gasteiger partial charge in [-0.05, 0) is 37.3 Å². The first kappa shape index (κ1) is 11.7. The summed E-state index contributed by atoms with van der Waals surface area (Å²) in [6.07, 6.45) is 3.55. The van der Waals surface area contributed by atoms with Crippen LogP contribution in [0.5, 0.6) is 0 Å². The Kier molecular flexibility index (Phi) is 3.46. The molecule has 4 N–H and O–H groups in total. The van der Waals surface area contributed by atoms with Gasteiger partial charge in [-0.15, -0.1) is 0 Å². The number of rotatable bonds is 3. The normalized spacial score (nSPS) is 15.2. The van der Waals surface area contributed by atoms with Crippen LogP contribution in [0.3, 0.4) is 0 Å². The molecule has 0 bridgehead atoms. The Hall–Kier alpha value is -1.78. The van der Waals surface area contributed by atoms with Crippen LogP contribution < -0.4 is 11.1 Å². The molecule has 0 aromatic carbocycles. The molecule has 2 heterocycles. The maximum atomic E-state index is 8.51. The number of pyridine rings is 1. The highest BCUT2D eigenvalue weighted by atomic mass is 16.4. The van der Waals surface area contributed by atoms with Gasteiger partial charge in [-0.3, -0.25) is 0 Å². The van der Waals surface area contributed by atoms with E-state index in [1.54, 1.807) is 0 Å². The van der Waals surface area contributed by atoms with Gasteiger partial charge in [-0.1, -0.05) is 11.2 Å². The van der Waals surface area contributed by atoms with Gasteiger partial charge in [0, 0.05) is 18.7 Å². The van der Waals surface area contributed by atoms with Crippen LogP contribution in [0.25, 0.3) is 0 Å². The maximum Gasteiger partial charge on any atom is 0.139 e. The summed E-state index contributed by atoms with van der Waals surface area (Å²) in [6.45, 7) is 3.00. The van der Waals surface area contributed by atoms with Crippen molar-refractivity contribution in [1.29, 1.82) is 0 Å². The zero-order valence-corrected chi connectivity index (χ0v) is 10.0. The minimum Gasteiger partial charge on any atom is -0.409 e. The van der Waals surface area contributed by atoms with Gasteiger partial charge < -0.3 is 16.3 Å². The average Bonchev–Trinajstić information content (AvgIpc) is 2.35. The van der Waals surface area contributed by atoms with Crippen LogP contribution in [-0.4, -0.2) is 22.6 Å². The number of aromatic nitrogens is 1. The highest BCUT2D eigenvalue weighted by molar-refractivity contribution is 5.79. The average molecular weight is 234 g/mol. The second-order valence-electron chi connectivity index (χ2n) is 4.36. The zero-order chi connectivity index (χ0) is 12.3. The van der Waals surface area contributed by atoms with Crippen LogP contribution in [-0.2, 0) is 12.8 Å². The predicted octanol–water partition coefficient (Wildman–Crippen LogP) is 1.43. The first-order valence-corrected chi connectivity index (χ1v) is 5.90. The van der Waals surface area contributed by atoms with E-state index in [1.165, 1.54) is 11.1 Å². The van der Waals surface area contributed by atoms with E-state index in [0.29, 0.717) is 6.42 Å². The molecule has 1 aliphatic rings. The van der Waals surface area contributed by atoms with E-state index in [1.807, 2.05) is 6.92 Å². The van der Waals surface area contributed by atoms with Gasteiger partial charge >= 0.3 is 0 Å². The molecule has 1 aromatic rings. The van der Waals surface area contributed by atoms with E-state index >= 15 is 0 Å². The summed E-state index contributed by atoms with van der Waals surface area (Å²) in [7, 11) is 0. The van der Waals surface area contributed by atoms with E-state index in [4.69, 9.17) is 10.9 Å². The Bertz CT molecular complexity index is 442. The molecule has 1 aliphatic heterocycles. The summed E-state index contributed by atoms with van der Waals surface area (Å²) in [6, 6.07) is 2.19. The highest BCUT2D eigenvalue weighted by Crippen LogP contribution is 2.23. The van der Waals surface area contributed by atoms with E-state index in [9.17, 15) is 0 Å². The topological polar surface area (TPSA) is 83.5 Å². The fourth-order valence-electron chi connectivity index (χ4n) is 2.09. The van der Waals surface area contributed by atoms with Crippen molar-refractivity contribution in [3.8, 4) is 0 Å². The number of hydrogen-bond donors (Lipinski definition) is 3. The standard InChI is InChI=1S/C12H18N4O/c1-8-9(4-5-11(13)16-17)7-10-3-2-6-14-12(10)15-8/h7,17H,2-6H2,1H3,(H2,13,16)(H,14,15). The Morgan fingerprint density at radius 3 is 3.24 bits per heavy atom. The number of oxime groups is 1. The summed E-state index contributed by atoms with van der Waals surface area (Å²) >= 11 is 0. The van der Waals surface area contributed by atoms with E-state index in [-0.39, 0.29) is 5.84 Å². The summed E-state index contributed by atoms with van der Waals surface area (Å²) < 4.78 is 0. The second-order valence-corrected chi connectivity index (χ2v) is 4.36. The van der Waals surface area contributed by atoms with Crippen molar-refractivity contribution >= 4 is 11.7 Å². The first-order chi connectivity index (χ1) is 8.20. The largest absolute Gasteiger partial charge is 0.409 e. The minimum atomic E-state index is 0.264. The number of nitrogens with one attached hydrogen (secondary N) is 1. The van der Waals surface area contributed by atoms with Gasteiger partial charge in [-0.25, -0.2) is 4.98 Å². The molecule has 2 rings (SSSR count). The Morgan fingerprint density at radius 1 is 1.65 bits per heavy atom. The van der Waals surface area contributed by atoms with Crippen LogP contribution in [0, 0.1) is 6.92 Å². The number of aryl methyl sites for hydroxylation is 3. The first-order valence-electron chi connectivity index (χ1n) is 5.90. The molecule has 0 unspecified atom stereocenters. The lowest BCUT2D eigenvalue weighted by Crippen LogP contribution is -2.16. The van der Waals surface area contributed by atoms with Crippen molar-refractivity contribution in [3.05, 3.63) is 22.9 Å². The van der Waals surface area contributed by atoms with Crippen LogP contribution in [0.15, 0.2) is 11.2 Å². The number of amidine groups is 1. The number of hydrogen-bond acceptors (Lipinski definition) is 4. The van der Waals surface area contributed by atoms with Crippen LogP contribution in [0.4, 0.5) is 5.82 Å².